The molecule has 3 nitrogen and oxygen atoms in total. The topological polar surface area (TPSA) is 46.5 Å². The van der Waals surface area contributed by atoms with Crippen LogP contribution in [0.3, 0.4) is 0 Å². The Morgan fingerprint density at radius 1 is 1.05 bits per heavy atom. The maximum Gasteiger partial charge on any atom is 0.283 e. The van der Waals surface area contributed by atoms with Crippen LogP contribution in [-0.4, -0.2) is 14.6 Å². The molecule has 2 rings (SSSR count). The summed E-state index contributed by atoms with van der Waals surface area (Å²) < 4.78 is 40.7. The highest BCUT2D eigenvalue weighted by Crippen LogP contribution is 2.22. The Balaban J connectivity index is 2.32. The van der Waals surface area contributed by atoms with Crippen LogP contribution in [-0.2, 0) is 10.0 Å². The van der Waals surface area contributed by atoms with Gasteiger partial charge >= 0.3 is 0 Å². The first-order valence-electron chi connectivity index (χ1n) is 5.29. The third-order valence-electron chi connectivity index (χ3n) is 2.33. The lowest BCUT2D eigenvalue weighted by molar-refractivity contribution is 0.597. The summed E-state index contributed by atoms with van der Waals surface area (Å²) in [6.07, 6.45) is 1.19. The van der Waals surface area contributed by atoms with E-state index in [1.165, 1.54) is 36.5 Å². The lowest BCUT2D eigenvalue weighted by Gasteiger charge is -2.01. The second kappa shape index (κ2) is 5.63. The first-order valence-corrected chi connectivity index (χ1v) is 7.53. The van der Waals surface area contributed by atoms with Gasteiger partial charge in [0.25, 0.3) is 10.0 Å². The molecule has 0 aliphatic heterocycles. The Hall–Kier alpha value is -1.53. The molecule has 98 valence electrons. The molecule has 0 heterocycles. The van der Waals surface area contributed by atoms with E-state index >= 15 is 0 Å². The maximum absolute atomic E-state index is 12.7. The van der Waals surface area contributed by atoms with Crippen molar-refractivity contribution < 1.29 is 12.8 Å². The highest BCUT2D eigenvalue weighted by atomic mass is 79.9. The zero-order valence-corrected chi connectivity index (χ0v) is 12.0. The van der Waals surface area contributed by atoms with Gasteiger partial charge in [0.2, 0.25) is 0 Å². The molecule has 0 aliphatic rings. The minimum Gasteiger partial charge on any atom is -0.207 e. The summed E-state index contributed by atoms with van der Waals surface area (Å²) in [7, 11) is -3.77. The van der Waals surface area contributed by atoms with E-state index in [-0.39, 0.29) is 10.7 Å². The van der Waals surface area contributed by atoms with Crippen LogP contribution in [0.4, 0.5) is 4.39 Å². The van der Waals surface area contributed by atoms with Crippen molar-refractivity contribution in [2.45, 2.75) is 4.90 Å². The van der Waals surface area contributed by atoms with Crippen LogP contribution < -0.4 is 0 Å². The molecule has 6 heteroatoms. The largest absolute Gasteiger partial charge is 0.283 e. The molecule has 0 aliphatic carbocycles. The van der Waals surface area contributed by atoms with Gasteiger partial charge in [-0.1, -0.05) is 24.3 Å². The summed E-state index contributed by atoms with van der Waals surface area (Å²) in [5.41, 5.74) is 0.511. The number of nitrogens with zero attached hydrogens (tertiary/aromatic N) is 1. The highest BCUT2D eigenvalue weighted by Gasteiger charge is 2.14. The molecule has 0 fully saturated rings. The van der Waals surface area contributed by atoms with E-state index in [2.05, 4.69) is 20.3 Å². The fourth-order valence-corrected chi connectivity index (χ4v) is 3.23. The minimum atomic E-state index is -3.77. The zero-order chi connectivity index (χ0) is 13.9. The van der Waals surface area contributed by atoms with Gasteiger partial charge in [0.1, 0.15) is 10.7 Å². The van der Waals surface area contributed by atoms with Gasteiger partial charge in [0.15, 0.2) is 0 Å². The Bertz CT molecular complexity index is 712. The number of halogens is 2. The van der Waals surface area contributed by atoms with E-state index < -0.39 is 10.0 Å². The number of rotatable bonds is 3. The number of sulfonamides is 1. The average Bonchev–Trinajstić information content (AvgIpc) is 2.38. The highest BCUT2D eigenvalue weighted by molar-refractivity contribution is 9.10. The third-order valence-corrected chi connectivity index (χ3v) is 4.57. The van der Waals surface area contributed by atoms with Gasteiger partial charge in [0.05, 0.1) is 0 Å². The summed E-state index contributed by atoms with van der Waals surface area (Å²) in [4.78, 5) is 0.0911. The number of benzene rings is 2. The lowest BCUT2D eigenvalue weighted by Crippen LogP contribution is -1.98. The van der Waals surface area contributed by atoms with Crippen molar-refractivity contribution in [2.24, 2.45) is 4.40 Å². The normalized spacial score (nSPS) is 11.9. The molecule has 0 unspecified atom stereocenters. The Kier molecular flexibility index (Phi) is 4.11. The molecule has 2 aromatic carbocycles. The second-order valence-electron chi connectivity index (χ2n) is 3.69. The predicted molar refractivity (Wildman–Crippen MR) is 75.3 cm³/mol. The molecule has 0 radical (unpaired) electrons. The van der Waals surface area contributed by atoms with Crippen LogP contribution >= 0.6 is 15.9 Å². The minimum absolute atomic E-state index is 0.0911. The van der Waals surface area contributed by atoms with Crippen molar-refractivity contribution in [1.29, 1.82) is 0 Å². The van der Waals surface area contributed by atoms with Gasteiger partial charge in [-0.15, -0.1) is 0 Å². The number of hydrogen-bond donors (Lipinski definition) is 0. The quantitative estimate of drug-likeness (QED) is 0.803. The van der Waals surface area contributed by atoms with Crippen molar-refractivity contribution in [3.8, 4) is 0 Å². The van der Waals surface area contributed by atoms with Crippen molar-refractivity contribution in [3.05, 3.63) is 64.4 Å². The Morgan fingerprint density at radius 2 is 1.68 bits per heavy atom. The molecule has 0 N–H and O–H groups in total. The first kappa shape index (κ1) is 13.9. The number of hydrogen-bond acceptors (Lipinski definition) is 2. The van der Waals surface area contributed by atoms with Gasteiger partial charge in [-0.2, -0.15) is 12.8 Å². The molecular weight excluding hydrogens is 333 g/mol. The van der Waals surface area contributed by atoms with Crippen LogP contribution in [0, 0.1) is 5.82 Å². The molecule has 0 spiro atoms. The van der Waals surface area contributed by atoms with E-state index in [1.807, 2.05) is 0 Å². The van der Waals surface area contributed by atoms with Crippen LogP contribution in [0.5, 0.6) is 0 Å². The fraction of sp³-hybridized carbons (Fsp3) is 0. The van der Waals surface area contributed by atoms with Gasteiger partial charge < -0.3 is 0 Å². The fourth-order valence-electron chi connectivity index (χ4n) is 1.39. The van der Waals surface area contributed by atoms with Crippen LogP contribution in [0.25, 0.3) is 0 Å². The second-order valence-corrected chi connectivity index (χ2v) is 6.15. The van der Waals surface area contributed by atoms with Crippen molar-refractivity contribution in [1.82, 2.24) is 0 Å². The SMILES string of the molecule is O=S(=O)(N=Cc1ccc(F)cc1)c1ccccc1Br. The molecule has 0 saturated heterocycles. The summed E-state index contributed by atoms with van der Waals surface area (Å²) in [5, 5.41) is 0. The molecule has 0 saturated carbocycles. The van der Waals surface area contributed by atoms with Gasteiger partial charge in [-0.3, -0.25) is 0 Å². The molecule has 0 atom stereocenters. The van der Waals surface area contributed by atoms with Crippen LogP contribution in [0.15, 0.2) is 62.3 Å². The summed E-state index contributed by atoms with van der Waals surface area (Å²) in [6, 6.07) is 11.8. The Labute approximate surface area is 119 Å². The molecular formula is C13H9BrFNO2S. The van der Waals surface area contributed by atoms with E-state index in [9.17, 15) is 12.8 Å². The first-order chi connectivity index (χ1) is 8.99. The van der Waals surface area contributed by atoms with E-state index in [4.69, 9.17) is 0 Å². The maximum atomic E-state index is 12.7. The standard InChI is InChI=1S/C13H9BrFNO2S/c14-12-3-1-2-4-13(12)19(17,18)16-9-10-5-7-11(15)8-6-10/h1-9H. The van der Waals surface area contributed by atoms with Crippen molar-refractivity contribution >= 4 is 32.2 Å². The smallest absolute Gasteiger partial charge is 0.207 e. The lowest BCUT2D eigenvalue weighted by atomic mass is 10.2. The molecule has 0 aromatic heterocycles. The van der Waals surface area contributed by atoms with E-state index in [1.54, 1.807) is 18.2 Å². The molecule has 0 bridgehead atoms. The monoisotopic (exact) mass is 341 g/mol. The third kappa shape index (κ3) is 3.48. The predicted octanol–water partition coefficient (Wildman–Crippen LogP) is 3.40. The van der Waals surface area contributed by atoms with Crippen molar-refractivity contribution in [2.75, 3.05) is 0 Å². The van der Waals surface area contributed by atoms with Crippen molar-refractivity contribution in [3.63, 3.8) is 0 Å². The molecule has 19 heavy (non-hydrogen) atoms. The molecule has 2 aromatic rings. The average molecular weight is 342 g/mol. The Morgan fingerprint density at radius 3 is 2.32 bits per heavy atom. The van der Waals surface area contributed by atoms with Gasteiger partial charge in [0, 0.05) is 10.7 Å². The summed E-state index contributed by atoms with van der Waals surface area (Å²) in [6.45, 7) is 0. The van der Waals surface area contributed by atoms with Gasteiger partial charge in [-0.25, -0.2) is 4.39 Å². The van der Waals surface area contributed by atoms with Crippen LogP contribution in [0.1, 0.15) is 5.56 Å². The van der Waals surface area contributed by atoms with Crippen LogP contribution in [0.2, 0.25) is 0 Å². The van der Waals surface area contributed by atoms with E-state index in [0.29, 0.717) is 10.0 Å². The summed E-state index contributed by atoms with van der Waals surface area (Å²) >= 11 is 3.17. The summed E-state index contributed by atoms with van der Waals surface area (Å²) in [5.74, 6) is -0.384. The zero-order valence-electron chi connectivity index (χ0n) is 9.62. The molecule has 0 amide bonds. The van der Waals surface area contributed by atoms with Gasteiger partial charge in [-0.05, 0) is 45.8 Å². The van der Waals surface area contributed by atoms with E-state index in [0.717, 1.165) is 0 Å².